The number of aromatic nitrogens is 1. The summed E-state index contributed by atoms with van der Waals surface area (Å²) in [7, 11) is 0. The van der Waals surface area contributed by atoms with Crippen LogP contribution in [0.5, 0.6) is 17.2 Å². The van der Waals surface area contributed by atoms with Crippen molar-refractivity contribution in [3.05, 3.63) is 119 Å². The average Bonchev–Trinajstić information content (AvgIpc) is 3.56. The fourth-order valence-electron chi connectivity index (χ4n) is 4.83. The fourth-order valence-corrected chi connectivity index (χ4v) is 6.06. The lowest BCUT2D eigenvalue weighted by Gasteiger charge is -2.24. The number of carbonyl (C=O) groups excluding carboxylic acids is 1. The minimum absolute atomic E-state index is 0.110. The van der Waals surface area contributed by atoms with Gasteiger partial charge in [-0.2, -0.15) is 0 Å². The molecular weight excluding hydrogens is 564 g/mol. The van der Waals surface area contributed by atoms with E-state index in [9.17, 15) is 9.59 Å². The molecule has 0 fully saturated rings. The van der Waals surface area contributed by atoms with Gasteiger partial charge in [0.05, 0.1) is 28.5 Å². The van der Waals surface area contributed by atoms with Crippen molar-refractivity contribution in [2.45, 2.75) is 26.5 Å². The third-order valence-electron chi connectivity index (χ3n) is 6.78. The lowest BCUT2D eigenvalue weighted by Crippen LogP contribution is -2.39. The smallest absolute Gasteiger partial charge is 0.338 e. The van der Waals surface area contributed by atoms with Crippen LogP contribution in [0.25, 0.3) is 6.08 Å². The fraction of sp³-hybridized carbons (Fsp3) is 0.194. The number of para-hydroxylation sites is 1. The third-order valence-corrected chi connectivity index (χ3v) is 8.13. The molecule has 208 valence electrons. The minimum Gasteiger partial charge on any atom is -0.488 e. The maximum atomic E-state index is 14.0. The van der Waals surface area contributed by atoms with Crippen LogP contribution in [0.1, 0.15) is 36.6 Å². The van der Waals surface area contributed by atoms with Crippen molar-refractivity contribution < 1.29 is 23.7 Å². The zero-order valence-corrected chi connectivity index (χ0v) is 23.8. The van der Waals surface area contributed by atoms with Crippen molar-refractivity contribution >= 4 is 35.0 Å². The maximum absolute atomic E-state index is 14.0. The molecule has 0 unspecified atom stereocenters. The number of benzene rings is 3. The Morgan fingerprint density at radius 1 is 1.12 bits per heavy atom. The second-order valence-corrected chi connectivity index (χ2v) is 10.7. The molecule has 8 nitrogen and oxygen atoms in total. The molecule has 1 aromatic heterocycles. The maximum Gasteiger partial charge on any atom is 0.338 e. The number of esters is 1. The van der Waals surface area contributed by atoms with Crippen LogP contribution >= 0.6 is 22.9 Å². The topological polar surface area (TPSA) is 88.4 Å². The monoisotopic (exact) mass is 588 g/mol. The molecule has 6 rings (SSSR count). The summed E-state index contributed by atoms with van der Waals surface area (Å²) >= 11 is 7.55. The molecule has 0 saturated heterocycles. The van der Waals surface area contributed by atoms with Gasteiger partial charge in [-0.3, -0.25) is 9.36 Å². The van der Waals surface area contributed by atoms with E-state index in [0.717, 1.165) is 11.1 Å². The van der Waals surface area contributed by atoms with E-state index in [2.05, 4.69) is 4.99 Å². The van der Waals surface area contributed by atoms with Crippen LogP contribution in [0.2, 0.25) is 5.02 Å². The van der Waals surface area contributed by atoms with Gasteiger partial charge in [-0.15, -0.1) is 0 Å². The van der Waals surface area contributed by atoms with Gasteiger partial charge in [0, 0.05) is 16.1 Å². The summed E-state index contributed by atoms with van der Waals surface area (Å²) in [4.78, 5) is 32.3. The number of hydrogen-bond acceptors (Lipinski definition) is 8. The van der Waals surface area contributed by atoms with Crippen molar-refractivity contribution in [1.29, 1.82) is 0 Å². The van der Waals surface area contributed by atoms with Crippen molar-refractivity contribution in [2.75, 3.05) is 13.4 Å². The van der Waals surface area contributed by atoms with Gasteiger partial charge in [0.15, 0.2) is 16.3 Å². The van der Waals surface area contributed by atoms with Gasteiger partial charge in [-0.25, -0.2) is 9.79 Å². The first-order chi connectivity index (χ1) is 19.9. The van der Waals surface area contributed by atoms with Gasteiger partial charge in [0.2, 0.25) is 6.79 Å². The van der Waals surface area contributed by atoms with E-state index in [4.69, 9.17) is 30.5 Å². The zero-order chi connectivity index (χ0) is 28.5. The van der Waals surface area contributed by atoms with E-state index >= 15 is 0 Å². The predicted molar refractivity (Wildman–Crippen MR) is 155 cm³/mol. The highest BCUT2D eigenvalue weighted by Crippen LogP contribution is 2.38. The number of allylic oxidation sites excluding steroid dienone is 1. The number of ether oxygens (including phenoxy) is 4. The molecule has 3 heterocycles. The number of hydrogen-bond donors (Lipinski definition) is 0. The second kappa shape index (κ2) is 11.3. The van der Waals surface area contributed by atoms with Crippen molar-refractivity contribution in [1.82, 2.24) is 4.57 Å². The van der Waals surface area contributed by atoms with Gasteiger partial charge >= 0.3 is 5.97 Å². The Bertz CT molecular complexity index is 1880. The van der Waals surface area contributed by atoms with E-state index < -0.39 is 12.0 Å². The molecule has 0 N–H and O–H groups in total. The van der Waals surface area contributed by atoms with E-state index in [0.29, 0.717) is 48.4 Å². The van der Waals surface area contributed by atoms with Crippen LogP contribution < -0.4 is 29.1 Å². The molecule has 10 heteroatoms. The average molecular weight is 589 g/mol. The summed E-state index contributed by atoms with van der Waals surface area (Å²) in [6, 6.07) is 19.6. The first-order valence-electron chi connectivity index (χ1n) is 13.0. The summed E-state index contributed by atoms with van der Waals surface area (Å²) in [5.41, 5.74) is 2.77. The molecule has 0 bridgehead atoms. The molecule has 3 aromatic carbocycles. The largest absolute Gasteiger partial charge is 0.488 e. The summed E-state index contributed by atoms with van der Waals surface area (Å²) in [6.45, 7) is 4.07. The lowest BCUT2D eigenvalue weighted by molar-refractivity contribution is -0.139. The Balaban J connectivity index is 1.45. The van der Waals surface area contributed by atoms with Gasteiger partial charge in [0.25, 0.3) is 5.56 Å². The molecule has 0 radical (unpaired) electrons. The second-order valence-electron chi connectivity index (χ2n) is 9.33. The third kappa shape index (κ3) is 5.14. The van der Waals surface area contributed by atoms with E-state index in [1.54, 1.807) is 36.6 Å². The quantitative estimate of drug-likeness (QED) is 0.289. The summed E-state index contributed by atoms with van der Waals surface area (Å²) in [5.74, 6) is 1.23. The molecule has 0 spiro atoms. The predicted octanol–water partition coefficient (Wildman–Crippen LogP) is 4.76. The Labute approximate surface area is 244 Å². The van der Waals surface area contributed by atoms with Crippen molar-refractivity contribution in [3.63, 3.8) is 0 Å². The zero-order valence-electron chi connectivity index (χ0n) is 22.3. The highest BCUT2D eigenvalue weighted by atomic mass is 35.5. The summed E-state index contributed by atoms with van der Waals surface area (Å²) in [5, 5.41) is 0.620. The lowest BCUT2D eigenvalue weighted by atomic mass is 9.95. The van der Waals surface area contributed by atoms with Crippen molar-refractivity contribution in [3.8, 4) is 17.2 Å². The normalized spacial score (nSPS) is 15.9. The first-order valence-corrected chi connectivity index (χ1v) is 14.2. The van der Waals surface area contributed by atoms with Crippen LogP contribution in [-0.4, -0.2) is 23.9 Å². The van der Waals surface area contributed by atoms with Gasteiger partial charge in [-0.1, -0.05) is 65.4 Å². The summed E-state index contributed by atoms with van der Waals surface area (Å²) in [6.07, 6.45) is 1.78. The van der Waals surface area contributed by atoms with Crippen LogP contribution in [-0.2, 0) is 16.1 Å². The first kappa shape index (κ1) is 26.9. The van der Waals surface area contributed by atoms with Crippen LogP contribution in [0.15, 0.2) is 87.8 Å². The minimum atomic E-state index is -0.756. The van der Waals surface area contributed by atoms with Crippen LogP contribution in [0.3, 0.4) is 0 Å². The Kier molecular flexibility index (Phi) is 7.38. The number of thiazole rings is 1. The number of rotatable bonds is 7. The number of carbonyl (C=O) groups is 1. The highest BCUT2D eigenvalue weighted by Gasteiger charge is 2.34. The van der Waals surface area contributed by atoms with Gasteiger partial charge in [-0.05, 0) is 49.8 Å². The molecule has 0 amide bonds. The number of nitrogens with zero attached hydrogens (tertiary/aromatic N) is 2. The Hall–Kier alpha value is -4.34. The Morgan fingerprint density at radius 3 is 2.73 bits per heavy atom. The van der Waals surface area contributed by atoms with E-state index in [1.165, 1.54) is 11.3 Å². The molecular formula is C31H25ClN2O6S. The molecule has 0 aliphatic carbocycles. The standard InChI is InChI=1S/C31H25ClN2O6S/c1-3-37-30(36)27-18(2)33-31-34(28(27)20-12-13-24-25(14-20)40-17-39-24)29(35)26(41-31)15-19-8-5-7-11-23(19)38-16-21-9-4-6-10-22(21)32/h4-15,28H,3,16-17H2,1-2H3/b26-15-/t28-/m1/s1. The SMILES string of the molecule is CCOC(=O)C1=C(C)N=c2s/c(=C\c3ccccc3OCc3ccccc3Cl)c(=O)n2[C@@H]1c1ccc2c(c1)OCO2. The molecule has 0 saturated carbocycles. The van der Waals surface area contributed by atoms with E-state index in [1.807, 2.05) is 54.6 Å². The molecule has 4 aromatic rings. The highest BCUT2D eigenvalue weighted by molar-refractivity contribution is 7.07. The van der Waals surface area contributed by atoms with Crippen LogP contribution in [0.4, 0.5) is 0 Å². The molecule has 1 atom stereocenters. The Morgan fingerprint density at radius 2 is 1.90 bits per heavy atom. The molecule has 2 aliphatic heterocycles. The van der Waals surface area contributed by atoms with Gasteiger partial charge < -0.3 is 18.9 Å². The molecule has 2 aliphatic rings. The van der Waals surface area contributed by atoms with E-state index in [-0.39, 0.29) is 25.6 Å². The number of fused-ring (bicyclic) bond motifs is 2. The van der Waals surface area contributed by atoms with Crippen LogP contribution in [0, 0.1) is 0 Å². The summed E-state index contributed by atoms with van der Waals surface area (Å²) < 4.78 is 24.5. The van der Waals surface area contributed by atoms with Gasteiger partial charge in [0.1, 0.15) is 12.4 Å². The van der Waals surface area contributed by atoms with Crippen molar-refractivity contribution in [2.24, 2.45) is 4.99 Å². The number of halogens is 1. The molecule has 41 heavy (non-hydrogen) atoms.